The van der Waals surface area contributed by atoms with Crippen molar-refractivity contribution in [3.05, 3.63) is 35.4 Å². The fourth-order valence-corrected chi connectivity index (χ4v) is 3.18. The molecule has 4 heteroatoms. The molecule has 0 saturated heterocycles. The van der Waals surface area contributed by atoms with Crippen molar-refractivity contribution in [1.82, 2.24) is 5.43 Å². The molecule has 1 aliphatic rings. The molecule has 1 aromatic carbocycles. The molecule has 1 fully saturated rings. The summed E-state index contributed by atoms with van der Waals surface area (Å²) in [6.45, 7) is 0. The molecule has 0 heterocycles. The zero-order valence-electron chi connectivity index (χ0n) is 11.9. The summed E-state index contributed by atoms with van der Waals surface area (Å²) in [4.78, 5) is 0. The average Bonchev–Trinajstić information content (AvgIpc) is 2.71. The Labute approximate surface area is 119 Å². The number of hydrogen-bond donors (Lipinski definition) is 2. The van der Waals surface area contributed by atoms with Gasteiger partial charge in [-0.3, -0.25) is 11.3 Å². The third kappa shape index (κ3) is 4.25. The molecule has 20 heavy (non-hydrogen) atoms. The highest BCUT2D eigenvalue weighted by molar-refractivity contribution is 5.20. The zero-order valence-corrected chi connectivity index (χ0v) is 11.9. The van der Waals surface area contributed by atoms with Crippen LogP contribution >= 0.6 is 0 Å². The van der Waals surface area contributed by atoms with E-state index in [0.717, 1.165) is 12.5 Å². The SMILES string of the molecule is NNC(Cc1cccc(F)c1F)CC1CCCCCC1. The first-order chi connectivity index (χ1) is 9.70. The van der Waals surface area contributed by atoms with Crippen molar-refractivity contribution in [3.63, 3.8) is 0 Å². The van der Waals surface area contributed by atoms with Gasteiger partial charge >= 0.3 is 0 Å². The maximum Gasteiger partial charge on any atom is 0.162 e. The summed E-state index contributed by atoms with van der Waals surface area (Å²) in [5.41, 5.74) is 3.18. The second-order valence-corrected chi connectivity index (χ2v) is 5.87. The number of nitrogens with one attached hydrogen (secondary N) is 1. The lowest BCUT2D eigenvalue weighted by molar-refractivity contribution is 0.349. The molecule has 1 aromatic rings. The Morgan fingerprint density at radius 3 is 2.50 bits per heavy atom. The Bertz CT molecular complexity index is 415. The van der Waals surface area contributed by atoms with E-state index < -0.39 is 11.6 Å². The minimum absolute atomic E-state index is 0.00870. The maximum atomic E-state index is 13.7. The van der Waals surface area contributed by atoms with Gasteiger partial charge in [0.05, 0.1) is 0 Å². The Balaban J connectivity index is 1.95. The standard InChI is InChI=1S/C16H24F2N2/c17-15-9-5-8-13(16(15)18)11-14(20-19)10-12-6-3-1-2-4-7-12/h5,8-9,12,14,20H,1-4,6-7,10-11,19H2. The van der Waals surface area contributed by atoms with E-state index in [2.05, 4.69) is 5.43 Å². The van der Waals surface area contributed by atoms with Crippen LogP contribution in [-0.4, -0.2) is 6.04 Å². The fourth-order valence-electron chi connectivity index (χ4n) is 3.18. The lowest BCUT2D eigenvalue weighted by atomic mass is 9.90. The highest BCUT2D eigenvalue weighted by Gasteiger charge is 2.19. The second-order valence-electron chi connectivity index (χ2n) is 5.87. The quantitative estimate of drug-likeness (QED) is 0.491. The fraction of sp³-hybridized carbons (Fsp3) is 0.625. The predicted octanol–water partition coefficient (Wildman–Crippen LogP) is 3.70. The molecule has 112 valence electrons. The Morgan fingerprint density at radius 2 is 1.85 bits per heavy atom. The van der Waals surface area contributed by atoms with Gasteiger partial charge in [-0.15, -0.1) is 0 Å². The molecule has 3 N–H and O–H groups in total. The van der Waals surface area contributed by atoms with E-state index in [0.29, 0.717) is 17.9 Å². The maximum absolute atomic E-state index is 13.7. The molecule has 1 aliphatic carbocycles. The van der Waals surface area contributed by atoms with Gasteiger partial charge in [0.15, 0.2) is 11.6 Å². The molecule has 0 amide bonds. The molecule has 0 aliphatic heterocycles. The molecule has 2 nitrogen and oxygen atoms in total. The van der Waals surface area contributed by atoms with Crippen LogP contribution in [-0.2, 0) is 6.42 Å². The van der Waals surface area contributed by atoms with Crippen LogP contribution in [0.25, 0.3) is 0 Å². The smallest absolute Gasteiger partial charge is 0.162 e. The summed E-state index contributed by atoms with van der Waals surface area (Å²) in [5, 5.41) is 0. The zero-order chi connectivity index (χ0) is 14.4. The second kappa shape index (κ2) is 7.70. The van der Waals surface area contributed by atoms with Crippen molar-refractivity contribution < 1.29 is 8.78 Å². The van der Waals surface area contributed by atoms with Crippen LogP contribution < -0.4 is 11.3 Å². The lowest BCUT2D eigenvalue weighted by Crippen LogP contribution is -2.38. The number of nitrogens with two attached hydrogens (primary N) is 1. The molecule has 1 saturated carbocycles. The first-order valence-corrected chi connectivity index (χ1v) is 7.59. The van der Waals surface area contributed by atoms with E-state index in [1.807, 2.05) is 0 Å². The Morgan fingerprint density at radius 1 is 1.15 bits per heavy atom. The molecule has 1 unspecified atom stereocenters. The van der Waals surface area contributed by atoms with Crippen LogP contribution in [0.2, 0.25) is 0 Å². The third-order valence-electron chi connectivity index (χ3n) is 4.33. The molecule has 0 spiro atoms. The lowest BCUT2D eigenvalue weighted by Gasteiger charge is -2.22. The van der Waals surface area contributed by atoms with Gasteiger partial charge in [0.25, 0.3) is 0 Å². The minimum atomic E-state index is -0.785. The van der Waals surface area contributed by atoms with Crippen molar-refractivity contribution in [2.75, 3.05) is 0 Å². The number of hydrogen-bond acceptors (Lipinski definition) is 2. The first kappa shape index (κ1) is 15.4. The topological polar surface area (TPSA) is 38.0 Å². The normalized spacial score (nSPS) is 18.8. The van der Waals surface area contributed by atoms with Gasteiger partial charge in [0.1, 0.15) is 0 Å². The average molecular weight is 282 g/mol. The van der Waals surface area contributed by atoms with Gasteiger partial charge in [-0.25, -0.2) is 8.78 Å². The van der Waals surface area contributed by atoms with E-state index in [4.69, 9.17) is 5.84 Å². The first-order valence-electron chi connectivity index (χ1n) is 7.59. The molecule has 1 atom stereocenters. The molecular weight excluding hydrogens is 258 g/mol. The number of rotatable bonds is 5. The third-order valence-corrected chi connectivity index (χ3v) is 4.33. The van der Waals surface area contributed by atoms with E-state index >= 15 is 0 Å². The Kier molecular flexibility index (Phi) is 5.92. The highest BCUT2D eigenvalue weighted by Crippen LogP contribution is 2.27. The number of benzene rings is 1. The summed E-state index contributed by atoms with van der Waals surface area (Å²) in [6.07, 6.45) is 9.01. The van der Waals surface area contributed by atoms with Gasteiger partial charge in [-0.2, -0.15) is 0 Å². The van der Waals surface area contributed by atoms with Crippen LogP contribution in [0.1, 0.15) is 50.5 Å². The van der Waals surface area contributed by atoms with E-state index in [1.54, 1.807) is 12.1 Å². The summed E-state index contributed by atoms with van der Waals surface area (Å²) in [5.74, 6) is 4.72. The summed E-state index contributed by atoms with van der Waals surface area (Å²) in [7, 11) is 0. The monoisotopic (exact) mass is 282 g/mol. The van der Waals surface area contributed by atoms with Crippen molar-refractivity contribution in [3.8, 4) is 0 Å². The number of hydrazine groups is 1. The van der Waals surface area contributed by atoms with Crippen LogP contribution in [0.15, 0.2) is 18.2 Å². The van der Waals surface area contributed by atoms with Crippen LogP contribution in [0.3, 0.4) is 0 Å². The van der Waals surface area contributed by atoms with Crippen LogP contribution in [0.5, 0.6) is 0 Å². The highest BCUT2D eigenvalue weighted by atomic mass is 19.2. The van der Waals surface area contributed by atoms with Crippen LogP contribution in [0.4, 0.5) is 8.78 Å². The van der Waals surface area contributed by atoms with Gasteiger partial charge in [-0.05, 0) is 30.4 Å². The van der Waals surface area contributed by atoms with Gasteiger partial charge < -0.3 is 0 Å². The largest absolute Gasteiger partial charge is 0.271 e. The van der Waals surface area contributed by atoms with Gasteiger partial charge in [0.2, 0.25) is 0 Å². The molecule has 0 aromatic heterocycles. The molecule has 0 radical (unpaired) electrons. The Hall–Kier alpha value is -1.00. The summed E-state index contributed by atoms with van der Waals surface area (Å²) in [6, 6.07) is 4.34. The molecular formula is C16H24F2N2. The molecule has 0 bridgehead atoms. The van der Waals surface area contributed by atoms with Crippen LogP contribution in [0, 0.1) is 17.6 Å². The van der Waals surface area contributed by atoms with Crippen molar-refractivity contribution in [2.24, 2.45) is 11.8 Å². The van der Waals surface area contributed by atoms with Crippen molar-refractivity contribution in [1.29, 1.82) is 0 Å². The van der Waals surface area contributed by atoms with Gasteiger partial charge in [0, 0.05) is 6.04 Å². The van der Waals surface area contributed by atoms with E-state index in [-0.39, 0.29) is 6.04 Å². The predicted molar refractivity (Wildman–Crippen MR) is 77.0 cm³/mol. The van der Waals surface area contributed by atoms with E-state index in [9.17, 15) is 8.78 Å². The van der Waals surface area contributed by atoms with Gasteiger partial charge in [-0.1, -0.05) is 50.7 Å². The molecule has 2 rings (SSSR count). The van der Waals surface area contributed by atoms with Crippen molar-refractivity contribution in [2.45, 2.75) is 57.4 Å². The minimum Gasteiger partial charge on any atom is -0.271 e. The summed E-state index contributed by atoms with van der Waals surface area (Å²) < 4.78 is 26.9. The summed E-state index contributed by atoms with van der Waals surface area (Å²) >= 11 is 0. The van der Waals surface area contributed by atoms with E-state index in [1.165, 1.54) is 38.5 Å². The van der Waals surface area contributed by atoms with Crippen molar-refractivity contribution >= 4 is 0 Å². The number of halogens is 2.